The summed E-state index contributed by atoms with van der Waals surface area (Å²) in [6, 6.07) is 12.7. The predicted octanol–water partition coefficient (Wildman–Crippen LogP) is 4.17. The smallest absolute Gasteiger partial charge is 0.256 e. The number of thioether (sulfide) groups is 1. The van der Waals surface area contributed by atoms with Gasteiger partial charge in [-0.1, -0.05) is 11.8 Å². The lowest BCUT2D eigenvalue weighted by molar-refractivity contribution is -0.114. The van der Waals surface area contributed by atoms with Gasteiger partial charge < -0.3 is 15.1 Å². The average Bonchev–Trinajstić information content (AvgIpc) is 3.11. The van der Waals surface area contributed by atoms with Crippen LogP contribution in [-0.2, 0) is 9.59 Å². The van der Waals surface area contributed by atoms with E-state index < -0.39 is 0 Å². The molecule has 0 bridgehead atoms. The number of rotatable bonds is 6. The maximum Gasteiger partial charge on any atom is 0.256 e. The van der Waals surface area contributed by atoms with Crippen LogP contribution in [0.25, 0.3) is 11.3 Å². The predicted molar refractivity (Wildman–Crippen MR) is 102 cm³/mol. The lowest BCUT2D eigenvalue weighted by Crippen LogP contribution is -2.14. The van der Waals surface area contributed by atoms with Crippen molar-refractivity contribution in [1.82, 2.24) is 4.98 Å². The number of benzene rings is 2. The molecule has 0 saturated heterocycles. The highest BCUT2D eigenvalue weighted by atomic mass is 32.2. The lowest BCUT2D eigenvalue weighted by Gasteiger charge is -2.06. The third-order valence-corrected chi connectivity index (χ3v) is 4.27. The van der Waals surface area contributed by atoms with Crippen molar-refractivity contribution in [2.45, 2.75) is 12.1 Å². The lowest BCUT2D eigenvalue weighted by atomic mass is 10.2. The van der Waals surface area contributed by atoms with E-state index in [0.29, 0.717) is 27.9 Å². The van der Waals surface area contributed by atoms with Crippen LogP contribution in [0.2, 0.25) is 0 Å². The molecule has 0 aliphatic rings. The number of amides is 2. The molecule has 27 heavy (non-hydrogen) atoms. The topological polar surface area (TPSA) is 84.2 Å². The number of anilines is 2. The number of hydrogen-bond acceptors (Lipinski definition) is 5. The van der Waals surface area contributed by atoms with E-state index >= 15 is 0 Å². The summed E-state index contributed by atoms with van der Waals surface area (Å²) in [7, 11) is 0. The Kier molecular flexibility index (Phi) is 5.87. The SMILES string of the molecule is CC(=O)Nc1ccc(NC(=O)CSc2ncc(-c3ccc(F)cc3)o2)cc1. The Bertz CT molecular complexity index is 940. The fraction of sp³-hybridized carbons (Fsp3) is 0.105. The fourth-order valence-corrected chi connectivity index (χ4v) is 2.84. The Labute approximate surface area is 159 Å². The van der Waals surface area contributed by atoms with Crippen LogP contribution < -0.4 is 10.6 Å². The number of aromatic nitrogens is 1. The van der Waals surface area contributed by atoms with E-state index in [0.717, 1.165) is 11.8 Å². The highest BCUT2D eigenvalue weighted by Crippen LogP contribution is 2.25. The van der Waals surface area contributed by atoms with Gasteiger partial charge in [0.15, 0.2) is 5.76 Å². The molecule has 0 aliphatic carbocycles. The van der Waals surface area contributed by atoms with Gasteiger partial charge in [0.05, 0.1) is 11.9 Å². The van der Waals surface area contributed by atoms with Gasteiger partial charge in [-0.3, -0.25) is 9.59 Å². The fourth-order valence-electron chi connectivity index (χ4n) is 2.24. The van der Waals surface area contributed by atoms with Gasteiger partial charge in [-0.05, 0) is 48.5 Å². The summed E-state index contributed by atoms with van der Waals surface area (Å²) in [4.78, 5) is 27.2. The van der Waals surface area contributed by atoms with Gasteiger partial charge in [-0.2, -0.15) is 0 Å². The molecule has 3 rings (SSSR count). The maximum absolute atomic E-state index is 13.0. The minimum atomic E-state index is -0.324. The minimum absolute atomic E-state index is 0.122. The van der Waals surface area contributed by atoms with Gasteiger partial charge in [-0.15, -0.1) is 0 Å². The van der Waals surface area contributed by atoms with Crippen LogP contribution in [0.4, 0.5) is 15.8 Å². The molecule has 0 saturated carbocycles. The molecule has 2 aromatic carbocycles. The van der Waals surface area contributed by atoms with Crippen molar-refractivity contribution in [3.05, 3.63) is 60.5 Å². The first-order valence-corrected chi connectivity index (χ1v) is 9.00. The molecule has 138 valence electrons. The van der Waals surface area contributed by atoms with Crippen LogP contribution in [0.3, 0.4) is 0 Å². The largest absolute Gasteiger partial charge is 0.431 e. The molecule has 2 amide bonds. The second kappa shape index (κ2) is 8.50. The van der Waals surface area contributed by atoms with Crippen LogP contribution in [0.15, 0.2) is 64.4 Å². The summed E-state index contributed by atoms with van der Waals surface area (Å²) in [6.45, 7) is 1.43. The summed E-state index contributed by atoms with van der Waals surface area (Å²) in [5.41, 5.74) is 1.98. The number of oxazole rings is 1. The highest BCUT2D eigenvalue weighted by Gasteiger charge is 2.10. The van der Waals surface area contributed by atoms with Gasteiger partial charge in [0.25, 0.3) is 5.22 Å². The third-order valence-electron chi connectivity index (χ3n) is 3.43. The van der Waals surface area contributed by atoms with Crippen LogP contribution >= 0.6 is 11.8 Å². The van der Waals surface area contributed by atoms with Crippen LogP contribution in [-0.4, -0.2) is 22.6 Å². The summed E-state index contributed by atoms with van der Waals surface area (Å²) < 4.78 is 18.5. The number of hydrogen-bond donors (Lipinski definition) is 2. The molecule has 0 atom stereocenters. The summed E-state index contributed by atoms with van der Waals surface area (Å²) in [5.74, 6) is -0.0688. The molecule has 0 fully saturated rings. The Balaban J connectivity index is 1.52. The summed E-state index contributed by atoms with van der Waals surface area (Å²) in [6.07, 6.45) is 1.54. The van der Waals surface area contributed by atoms with Crippen molar-refractivity contribution in [2.24, 2.45) is 0 Å². The molecule has 3 aromatic rings. The van der Waals surface area contributed by atoms with E-state index in [1.807, 2.05) is 0 Å². The molecule has 0 unspecified atom stereocenters. The molecule has 0 aliphatic heterocycles. The highest BCUT2D eigenvalue weighted by molar-refractivity contribution is 7.99. The zero-order valence-corrected chi connectivity index (χ0v) is 15.2. The van der Waals surface area contributed by atoms with E-state index in [4.69, 9.17) is 4.42 Å². The molecule has 0 radical (unpaired) electrons. The zero-order chi connectivity index (χ0) is 19.2. The zero-order valence-electron chi connectivity index (χ0n) is 14.4. The Morgan fingerprint density at radius 3 is 2.30 bits per heavy atom. The summed E-state index contributed by atoms with van der Waals surface area (Å²) in [5, 5.41) is 5.76. The number of nitrogens with one attached hydrogen (secondary N) is 2. The van der Waals surface area contributed by atoms with Gasteiger partial charge in [-0.25, -0.2) is 9.37 Å². The standard InChI is InChI=1S/C19H16FN3O3S/c1-12(24)22-15-6-8-16(9-7-15)23-18(25)11-27-19-21-10-17(26-19)13-2-4-14(20)5-3-13/h2-10H,11H2,1H3,(H,22,24)(H,23,25). The number of halogens is 1. The quantitative estimate of drug-likeness (QED) is 0.622. The second-order valence-electron chi connectivity index (χ2n) is 5.59. The minimum Gasteiger partial charge on any atom is -0.431 e. The summed E-state index contributed by atoms with van der Waals surface area (Å²) >= 11 is 1.16. The molecule has 6 nitrogen and oxygen atoms in total. The van der Waals surface area contributed by atoms with E-state index in [2.05, 4.69) is 15.6 Å². The van der Waals surface area contributed by atoms with Gasteiger partial charge in [0.2, 0.25) is 11.8 Å². The van der Waals surface area contributed by atoms with Crippen molar-refractivity contribution >= 4 is 35.0 Å². The van der Waals surface area contributed by atoms with Crippen LogP contribution in [0, 0.1) is 5.82 Å². The van der Waals surface area contributed by atoms with E-state index in [1.54, 1.807) is 36.4 Å². The molecule has 1 aromatic heterocycles. The monoisotopic (exact) mass is 385 g/mol. The van der Waals surface area contributed by atoms with Crippen molar-refractivity contribution in [2.75, 3.05) is 16.4 Å². The molecule has 8 heteroatoms. The van der Waals surface area contributed by atoms with E-state index in [1.165, 1.54) is 25.3 Å². The van der Waals surface area contributed by atoms with Crippen molar-refractivity contribution in [3.8, 4) is 11.3 Å². The molecule has 2 N–H and O–H groups in total. The number of carbonyl (C=O) groups is 2. The van der Waals surface area contributed by atoms with Gasteiger partial charge in [0, 0.05) is 23.9 Å². The van der Waals surface area contributed by atoms with Crippen LogP contribution in [0.1, 0.15) is 6.92 Å². The average molecular weight is 385 g/mol. The van der Waals surface area contributed by atoms with Crippen molar-refractivity contribution < 1.29 is 18.4 Å². The van der Waals surface area contributed by atoms with E-state index in [-0.39, 0.29) is 23.4 Å². The number of carbonyl (C=O) groups excluding carboxylic acids is 2. The van der Waals surface area contributed by atoms with Gasteiger partial charge in [0.1, 0.15) is 5.82 Å². The van der Waals surface area contributed by atoms with Crippen molar-refractivity contribution in [3.63, 3.8) is 0 Å². The molecule has 0 spiro atoms. The first-order chi connectivity index (χ1) is 13.0. The van der Waals surface area contributed by atoms with Crippen LogP contribution in [0.5, 0.6) is 0 Å². The first kappa shape index (κ1) is 18.7. The van der Waals surface area contributed by atoms with Gasteiger partial charge >= 0.3 is 0 Å². The van der Waals surface area contributed by atoms with Crippen molar-refractivity contribution in [1.29, 1.82) is 0 Å². The first-order valence-electron chi connectivity index (χ1n) is 8.02. The Hall–Kier alpha value is -3.13. The Morgan fingerprint density at radius 1 is 1.04 bits per heavy atom. The normalized spacial score (nSPS) is 10.4. The number of nitrogens with zero attached hydrogens (tertiary/aromatic N) is 1. The third kappa shape index (κ3) is 5.42. The molecule has 1 heterocycles. The molecular weight excluding hydrogens is 369 g/mol. The Morgan fingerprint density at radius 2 is 1.67 bits per heavy atom. The second-order valence-corrected chi connectivity index (χ2v) is 6.52. The maximum atomic E-state index is 13.0. The van der Waals surface area contributed by atoms with E-state index in [9.17, 15) is 14.0 Å². The molecular formula is C19H16FN3O3S.